The lowest BCUT2D eigenvalue weighted by Crippen LogP contribution is -2.47. The molecule has 0 atom stereocenters. The summed E-state index contributed by atoms with van der Waals surface area (Å²) in [4.78, 5) is 24.5. The number of carbonyl (C=O) groups is 2. The SMILES string of the molecule is COc1ccccc1C1(CNC(=O)C(=O)Nc2cccc(F)c2)CCOCC1. The summed E-state index contributed by atoms with van der Waals surface area (Å²) >= 11 is 0. The Morgan fingerprint density at radius 2 is 1.86 bits per heavy atom. The third-order valence-corrected chi connectivity index (χ3v) is 5.00. The van der Waals surface area contributed by atoms with Crippen molar-refractivity contribution in [1.82, 2.24) is 5.32 Å². The number of rotatable bonds is 5. The normalized spacial score (nSPS) is 15.5. The van der Waals surface area contributed by atoms with Crippen LogP contribution in [0.2, 0.25) is 0 Å². The number of hydrogen-bond acceptors (Lipinski definition) is 4. The molecule has 1 aliphatic heterocycles. The molecule has 0 unspecified atom stereocenters. The van der Waals surface area contributed by atoms with E-state index in [4.69, 9.17) is 9.47 Å². The van der Waals surface area contributed by atoms with Crippen LogP contribution in [0.5, 0.6) is 5.75 Å². The molecule has 0 saturated carbocycles. The third-order valence-electron chi connectivity index (χ3n) is 5.00. The van der Waals surface area contributed by atoms with Crippen LogP contribution in [0, 0.1) is 5.82 Å². The van der Waals surface area contributed by atoms with E-state index in [-0.39, 0.29) is 17.6 Å². The zero-order valence-corrected chi connectivity index (χ0v) is 15.7. The number of hydrogen-bond donors (Lipinski definition) is 2. The molecule has 2 N–H and O–H groups in total. The summed E-state index contributed by atoms with van der Waals surface area (Å²) in [6.07, 6.45) is 1.39. The minimum atomic E-state index is -0.840. The molecule has 1 aliphatic rings. The van der Waals surface area contributed by atoms with Crippen LogP contribution in [0.25, 0.3) is 0 Å². The molecular weight excluding hydrogens is 363 g/mol. The molecule has 3 rings (SSSR count). The van der Waals surface area contributed by atoms with Gasteiger partial charge in [-0.2, -0.15) is 0 Å². The maximum atomic E-state index is 13.2. The quantitative estimate of drug-likeness (QED) is 0.775. The third kappa shape index (κ3) is 4.48. The second-order valence-electron chi connectivity index (χ2n) is 6.74. The van der Waals surface area contributed by atoms with Crippen LogP contribution in [-0.2, 0) is 19.7 Å². The fraction of sp³-hybridized carbons (Fsp3) is 0.333. The van der Waals surface area contributed by atoms with Crippen molar-refractivity contribution in [3.63, 3.8) is 0 Å². The molecule has 0 bridgehead atoms. The van der Waals surface area contributed by atoms with E-state index in [1.165, 1.54) is 18.2 Å². The molecule has 1 heterocycles. The lowest BCUT2D eigenvalue weighted by molar-refractivity contribution is -0.136. The summed E-state index contributed by atoms with van der Waals surface area (Å²) in [7, 11) is 1.61. The molecule has 2 amide bonds. The van der Waals surface area contributed by atoms with E-state index >= 15 is 0 Å². The van der Waals surface area contributed by atoms with Crippen molar-refractivity contribution in [3.8, 4) is 5.75 Å². The zero-order chi connectivity index (χ0) is 20.0. The maximum absolute atomic E-state index is 13.2. The standard InChI is InChI=1S/C21H23FN2O4/c1-27-18-8-3-2-7-17(18)21(9-11-28-12-10-21)14-23-19(25)20(26)24-16-6-4-5-15(22)13-16/h2-8,13H,9-12,14H2,1H3,(H,23,25)(H,24,26). The van der Waals surface area contributed by atoms with Crippen molar-refractivity contribution in [2.75, 3.05) is 32.2 Å². The molecule has 28 heavy (non-hydrogen) atoms. The summed E-state index contributed by atoms with van der Waals surface area (Å²) in [5.74, 6) is -1.36. The highest BCUT2D eigenvalue weighted by Crippen LogP contribution is 2.39. The summed E-state index contributed by atoms with van der Waals surface area (Å²) < 4.78 is 24.2. The van der Waals surface area contributed by atoms with E-state index < -0.39 is 17.6 Å². The van der Waals surface area contributed by atoms with Crippen LogP contribution in [0.4, 0.5) is 10.1 Å². The Labute approximate surface area is 163 Å². The number of anilines is 1. The van der Waals surface area contributed by atoms with Crippen molar-refractivity contribution in [1.29, 1.82) is 0 Å². The molecule has 0 radical (unpaired) electrons. The predicted octanol–water partition coefficient (Wildman–Crippen LogP) is 2.64. The number of nitrogens with one attached hydrogen (secondary N) is 2. The molecule has 7 heteroatoms. The fourth-order valence-corrected chi connectivity index (χ4v) is 3.47. The number of halogens is 1. The second kappa shape index (κ2) is 8.84. The highest BCUT2D eigenvalue weighted by atomic mass is 19.1. The van der Waals surface area contributed by atoms with Crippen LogP contribution >= 0.6 is 0 Å². The van der Waals surface area contributed by atoms with Gasteiger partial charge in [0, 0.05) is 36.4 Å². The van der Waals surface area contributed by atoms with E-state index in [9.17, 15) is 14.0 Å². The molecule has 2 aromatic carbocycles. The van der Waals surface area contributed by atoms with Gasteiger partial charge in [0.25, 0.3) is 0 Å². The molecule has 2 aromatic rings. The monoisotopic (exact) mass is 386 g/mol. The fourth-order valence-electron chi connectivity index (χ4n) is 3.47. The van der Waals surface area contributed by atoms with Gasteiger partial charge in [-0.1, -0.05) is 24.3 Å². The average molecular weight is 386 g/mol. The first-order valence-corrected chi connectivity index (χ1v) is 9.10. The Morgan fingerprint density at radius 1 is 1.11 bits per heavy atom. The minimum Gasteiger partial charge on any atom is -0.496 e. The Morgan fingerprint density at radius 3 is 2.57 bits per heavy atom. The first kappa shape index (κ1) is 19.8. The molecule has 0 spiro atoms. The highest BCUT2D eigenvalue weighted by Gasteiger charge is 2.37. The Kier molecular flexibility index (Phi) is 6.26. The molecule has 0 aromatic heterocycles. The van der Waals surface area contributed by atoms with Gasteiger partial charge in [-0.3, -0.25) is 9.59 Å². The van der Waals surface area contributed by atoms with Crippen LogP contribution in [-0.4, -0.2) is 38.7 Å². The number of methoxy groups -OCH3 is 1. The zero-order valence-electron chi connectivity index (χ0n) is 15.7. The van der Waals surface area contributed by atoms with Crippen LogP contribution in [0.15, 0.2) is 48.5 Å². The molecule has 6 nitrogen and oxygen atoms in total. The number of carbonyl (C=O) groups excluding carboxylic acids is 2. The van der Waals surface area contributed by atoms with Gasteiger partial charge in [0.2, 0.25) is 0 Å². The summed E-state index contributed by atoms with van der Waals surface area (Å²) in [6, 6.07) is 13.1. The summed E-state index contributed by atoms with van der Waals surface area (Å²) in [5, 5.41) is 5.13. The van der Waals surface area contributed by atoms with Crippen LogP contribution in [0.1, 0.15) is 18.4 Å². The maximum Gasteiger partial charge on any atom is 0.313 e. The largest absolute Gasteiger partial charge is 0.496 e. The molecule has 1 saturated heterocycles. The van der Waals surface area contributed by atoms with E-state index in [0.717, 1.165) is 17.4 Å². The van der Waals surface area contributed by atoms with Gasteiger partial charge in [0.05, 0.1) is 7.11 Å². The molecule has 0 aliphatic carbocycles. The number of para-hydroxylation sites is 1. The summed E-state index contributed by atoms with van der Waals surface area (Å²) in [6.45, 7) is 1.39. The molecule has 1 fully saturated rings. The summed E-state index contributed by atoms with van der Waals surface area (Å²) in [5.41, 5.74) is 0.817. The lowest BCUT2D eigenvalue weighted by Gasteiger charge is -2.38. The van der Waals surface area contributed by atoms with Crippen LogP contribution < -0.4 is 15.4 Å². The first-order valence-electron chi connectivity index (χ1n) is 9.10. The van der Waals surface area contributed by atoms with Gasteiger partial charge in [-0.25, -0.2) is 4.39 Å². The average Bonchev–Trinajstić information content (AvgIpc) is 2.72. The lowest BCUT2D eigenvalue weighted by atomic mass is 9.73. The van der Waals surface area contributed by atoms with Gasteiger partial charge < -0.3 is 20.1 Å². The van der Waals surface area contributed by atoms with Crippen LogP contribution in [0.3, 0.4) is 0 Å². The number of benzene rings is 2. The van der Waals surface area contributed by atoms with Crippen molar-refractivity contribution < 1.29 is 23.5 Å². The second-order valence-corrected chi connectivity index (χ2v) is 6.74. The Balaban J connectivity index is 1.71. The van der Waals surface area contributed by atoms with E-state index in [1.807, 2.05) is 24.3 Å². The van der Waals surface area contributed by atoms with Crippen molar-refractivity contribution >= 4 is 17.5 Å². The Bertz CT molecular complexity index is 850. The van der Waals surface area contributed by atoms with Crippen molar-refractivity contribution in [2.24, 2.45) is 0 Å². The van der Waals surface area contributed by atoms with Gasteiger partial charge in [0.15, 0.2) is 0 Å². The van der Waals surface area contributed by atoms with Crippen molar-refractivity contribution in [3.05, 3.63) is 59.9 Å². The number of ether oxygens (including phenoxy) is 2. The van der Waals surface area contributed by atoms with Gasteiger partial charge >= 0.3 is 11.8 Å². The first-order chi connectivity index (χ1) is 13.5. The van der Waals surface area contributed by atoms with Gasteiger partial charge in [-0.15, -0.1) is 0 Å². The van der Waals surface area contributed by atoms with E-state index in [1.54, 1.807) is 7.11 Å². The molecule has 148 valence electrons. The Hall–Kier alpha value is -2.93. The topological polar surface area (TPSA) is 76.7 Å². The minimum absolute atomic E-state index is 0.227. The van der Waals surface area contributed by atoms with Gasteiger partial charge in [0.1, 0.15) is 11.6 Å². The van der Waals surface area contributed by atoms with Gasteiger partial charge in [-0.05, 0) is 37.1 Å². The predicted molar refractivity (Wildman–Crippen MR) is 103 cm³/mol. The van der Waals surface area contributed by atoms with E-state index in [2.05, 4.69) is 10.6 Å². The number of amides is 2. The van der Waals surface area contributed by atoms with E-state index in [0.29, 0.717) is 26.1 Å². The van der Waals surface area contributed by atoms with Crippen molar-refractivity contribution in [2.45, 2.75) is 18.3 Å². The smallest absolute Gasteiger partial charge is 0.313 e. The molecular formula is C21H23FN2O4. The highest BCUT2D eigenvalue weighted by molar-refractivity contribution is 6.39.